The van der Waals surface area contributed by atoms with E-state index in [4.69, 9.17) is 34.8 Å². The molecule has 3 rings (SSSR count). The Hall–Kier alpha value is -2.37. The van der Waals surface area contributed by atoms with Gasteiger partial charge in [0.15, 0.2) is 0 Å². The molecular formula is C16H11Cl3F4N6O. The number of benzene rings is 1. The molecular weight excluding hydrogens is 475 g/mol. The number of alkyl halides is 4. The maximum Gasteiger partial charge on any atom is 0.283 e. The maximum atomic E-state index is 13.1. The Bertz CT molecular complexity index is 1050. The molecule has 14 heteroatoms. The van der Waals surface area contributed by atoms with Gasteiger partial charge in [0.1, 0.15) is 24.3 Å². The predicted molar refractivity (Wildman–Crippen MR) is 101 cm³/mol. The smallest absolute Gasteiger partial charge is 0.283 e. The molecule has 1 N–H and O–H groups in total. The number of amides is 1. The minimum atomic E-state index is -3.21. The molecule has 0 radical (unpaired) electrons. The highest BCUT2D eigenvalue weighted by Crippen LogP contribution is 2.34. The average Bonchev–Trinajstić information content (AvgIpc) is 3.22. The third-order valence-corrected chi connectivity index (χ3v) is 4.93. The first kappa shape index (κ1) is 22.3. The number of anilines is 1. The summed E-state index contributed by atoms with van der Waals surface area (Å²) in [5.41, 5.74) is -1.43. The van der Waals surface area contributed by atoms with Crippen molar-refractivity contribution in [1.29, 1.82) is 0 Å². The normalized spacial score (nSPS) is 11.5. The molecule has 0 fully saturated rings. The van der Waals surface area contributed by atoms with Crippen molar-refractivity contribution in [2.24, 2.45) is 0 Å². The Balaban J connectivity index is 1.72. The minimum Gasteiger partial charge on any atom is -0.292 e. The van der Waals surface area contributed by atoms with Crippen LogP contribution in [0.3, 0.4) is 0 Å². The number of nitrogens with zero attached hydrogens (tertiary/aromatic N) is 5. The lowest BCUT2D eigenvalue weighted by Crippen LogP contribution is -2.22. The van der Waals surface area contributed by atoms with Crippen LogP contribution in [0, 0.1) is 0 Å². The summed E-state index contributed by atoms with van der Waals surface area (Å²) in [6.07, 6.45) is -5.09. The van der Waals surface area contributed by atoms with Gasteiger partial charge in [-0.15, -0.1) is 5.10 Å². The Labute approximate surface area is 181 Å². The summed E-state index contributed by atoms with van der Waals surface area (Å²) >= 11 is 17.7. The van der Waals surface area contributed by atoms with Crippen molar-refractivity contribution in [3.63, 3.8) is 0 Å². The Morgan fingerprint density at radius 1 is 1.07 bits per heavy atom. The molecule has 3 aromatic rings. The zero-order chi connectivity index (χ0) is 22.0. The van der Waals surface area contributed by atoms with Gasteiger partial charge in [-0.25, -0.2) is 27.2 Å². The van der Waals surface area contributed by atoms with Crippen LogP contribution in [0.4, 0.5) is 23.5 Å². The molecule has 160 valence electrons. The molecule has 2 aromatic heterocycles. The first-order chi connectivity index (χ1) is 14.2. The summed E-state index contributed by atoms with van der Waals surface area (Å²) in [7, 11) is 0. The van der Waals surface area contributed by atoms with E-state index in [-0.39, 0.29) is 12.5 Å². The fraction of sp³-hybridized carbons (Fsp3) is 0.250. The van der Waals surface area contributed by atoms with Crippen molar-refractivity contribution >= 4 is 46.7 Å². The lowest BCUT2D eigenvalue weighted by Gasteiger charge is -2.07. The van der Waals surface area contributed by atoms with E-state index in [1.807, 2.05) is 0 Å². The zero-order valence-electron chi connectivity index (χ0n) is 14.7. The summed E-state index contributed by atoms with van der Waals surface area (Å²) in [4.78, 5) is 16.0. The average molecular weight is 486 g/mol. The minimum absolute atomic E-state index is 0.144. The van der Waals surface area contributed by atoms with Crippen molar-refractivity contribution in [3.05, 3.63) is 56.5 Å². The van der Waals surface area contributed by atoms with E-state index in [0.717, 1.165) is 0 Å². The van der Waals surface area contributed by atoms with Crippen molar-refractivity contribution in [2.45, 2.75) is 25.9 Å². The quantitative estimate of drug-likeness (QED) is 0.478. The molecule has 0 aliphatic rings. The summed E-state index contributed by atoms with van der Waals surface area (Å²) in [5.74, 6) is -1.01. The summed E-state index contributed by atoms with van der Waals surface area (Å²) in [6.45, 7) is -0.638. The SMILES string of the molecule is O=C(Cn1nc(C(F)F)c(Cl)c1C(F)F)Nc1ncn(Cc2c(Cl)cccc2Cl)n1. The summed E-state index contributed by atoms with van der Waals surface area (Å²) < 4.78 is 53.8. The van der Waals surface area contributed by atoms with E-state index in [9.17, 15) is 22.4 Å². The van der Waals surface area contributed by atoms with Crippen molar-refractivity contribution in [2.75, 3.05) is 5.32 Å². The summed E-state index contributed by atoms with van der Waals surface area (Å²) in [5, 5.41) is 9.53. The standard InChI is InChI=1S/C16H11Cl3F4N6O/c17-8-2-1-3-9(18)7(8)4-28-6-24-16(27-28)25-10(30)5-29-13(15(22)23)11(19)12(26-29)14(20)21/h1-3,6,14-15H,4-5H2,(H,25,27,30). The lowest BCUT2D eigenvalue weighted by molar-refractivity contribution is -0.117. The van der Waals surface area contributed by atoms with Gasteiger partial charge in [0.05, 0.1) is 11.6 Å². The monoisotopic (exact) mass is 484 g/mol. The lowest BCUT2D eigenvalue weighted by atomic mass is 10.2. The molecule has 0 unspecified atom stereocenters. The van der Waals surface area contributed by atoms with E-state index >= 15 is 0 Å². The van der Waals surface area contributed by atoms with Crippen molar-refractivity contribution in [3.8, 4) is 0 Å². The third-order valence-electron chi connectivity index (χ3n) is 3.83. The van der Waals surface area contributed by atoms with Crippen LogP contribution in [0.1, 0.15) is 29.8 Å². The number of aromatic nitrogens is 5. The molecule has 0 saturated carbocycles. The van der Waals surface area contributed by atoms with E-state index in [1.165, 1.54) is 11.0 Å². The number of carbonyl (C=O) groups excluding carboxylic acids is 1. The predicted octanol–water partition coefficient (Wildman–Crippen LogP) is 5.00. The molecule has 30 heavy (non-hydrogen) atoms. The summed E-state index contributed by atoms with van der Waals surface area (Å²) in [6, 6.07) is 4.97. The van der Waals surface area contributed by atoms with Gasteiger partial charge in [0, 0.05) is 15.6 Å². The highest BCUT2D eigenvalue weighted by atomic mass is 35.5. The van der Waals surface area contributed by atoms with Gasteiger partial charge in [-0.1, -0.05) is 40.9 Å². The number of nitrogens with one attached hydrogen (secondary N) is 1. The number of halogens is 7. The number of carbonyl (C=O) groups is 1. The van der Waals surface area contributed by atoms with Crippen LogP contribution in [0.25, 0.3) is 0 Å². The van der Waals surface area contributed by atoms with Crippen molar-refractivity contribution < 1.29 is 22.4 Å². The molecule has 0 aliphatic carbocycles. The fourth-order valence-corrected chi connectivity index (χ4v) is 3.33. The van der Waals surface area contributed by atoms with Crippen LogP contribution in [-0.4, -0.2) is 30.5 Å². The van der Waals surface area contributed by atoms with Crippen molar-refractivity contribution in [1.82, 2.24) is 24.5 Å². The van der Waals surface area contributed by atoms with Gasteiger partial charge < -0.3 is 0 Å². The zero-order valence-corrected chi connectivity index (χ0v) is 16.9. The number of hydrogen-bond donors (Lipinski definition) is 1. The highest BCUT2D eigenvalue weighted by Gasteiger charge is 2.28. The van der Waals surface area contributed by atoms with Gasteiger partial charge in [-0.2, -0.15) is 5.10 Å². The van der Waals surface area contributed by atoms with Gasteiger partial charge >= 0.3 is 0 Å². The molecule has 2 heterocycles. The van der Waals surface area contributed by atoms with Gasteiger partial charge in [-0.3, -0.25) is 14.8 Å². The Morgan fingerprint density at radius 2 is 1.73 bits per heavy atom. The number of hydrogen-bond acceptors (Lipinski definition) is 4. The molecule has 0 spiro atoms. The van der Waals surface area contributed by atoms with E-state index in [1.54, 1.807) is 18.2 Å². The second-order valence-electron chi connectivity index (χ2n) is 5.86. The van der Waals surface area contributed by atoms with Gasteiger partial charge in [0.2, 0.25) is 11.9 Å². The molecule has 1 aromatic carbocycles. The largest absolute Gasteiger partial charge is 0.292 e. The maximum absolute atomic E-state index is 13.1. The molecule has 0 bridgehead atoms. The second kappa shape index (κ2) is 9.19. The second-order valence-corrected chi connectivity index (χ2v) is 7.05. The fourth-order valence-electron chi connectivity index (χ4n) is 2.51. The molecule has 0 atom stereocenters. The van der Waals surface area contributed by atoms with Crippen LogP contribution in [0.2, 0.25) is 15.1 Å². The number of rotatable bonds is 7. The van der Waals surface area contributed by atoms with Gasteiger partial charge in [-0.05, 0) is 12.1 Å². The van der Waals surface area contributed by atoms with Gasteiger partial charge in [0.25, 0.3) is 12.9 Å². The molecule has 0 saturated heterocycles. The molecule has 0 aliphatic heterocycles. The molecule has 7 nitrogen and oxygen atoms in total. The van der Waals surface area contributed by atoms with E-state index in [2.05, 4.69) is 20.5 Å². The first-order valence-electron chi connectivity index (χ1n) is 8.12. The Morgan fingerprint density at radius 3 is 2.33 bits per heavy atom. The van der Waals surface area contributed by atoms with Crippen LogP contribution in [0.15, 0.2) is 24.5 Å². The highest BCUT2D eigenvalue weighted by molar-refractivity contribution is 6.36. The van der Waals surface area contributed by atoms with Crippen LogP contribution in [0.5, 0.6) is 0 Å². The van der Waals surface area contributed by atoms with E-state index in [0.29, 0.717) is 20.3 Å². The first-order valence-corrected chi connectivity index (χ1v) is 9.25. The topological polar surface area (TPSA) is 77.6 Å². The van der Waals surface area contributed by atoms with E-state index < -0.39 is 41.7 Å². The third kappa shape index (κ3) is 4.85. The van der Waals surface area contributed by atoms with Crippen LogP contribution in [-0.2, 0) is 17.9 Å². The molecule has 1 amide bonds. The van der Waals surface area contributed by atoms with Crippen LogP contribution >= 0.6 is 34.8 Å². The van der Waals surface area contributed by atoms with Crippen LogP contribution < -0.4 is 5.32 Å². The Kier molecular flexibility index (Phi) is 6.84.